The average molecular weight is 456 g/mol. The van der Waals surface area contributed by atoms with Crippen LogP contribution in [0, 0.1) is 11.3 Å². The summed E-state index contributed by atoms with van der Waals surface area (Å²) in [7, 11) is 0. The van der Waals surface area contributed by atoms with Gasteiger partial charge in [0.15, 0.2) is 6.61 Å². The van der Waals surface area contributed by atoms with E-state index >= 15 is 0 Å². The highest BCUT2D eigenvalue weighted by Crippen LogP contribution is 2.28. The Morgan fingerprint density at radius 3 is 2.68 bits per heavy atom. The van der Waals surface area contributed by atoms with Crippen LogP contribution in [0.25, 0.3) is 9.88 Å². The minimum absolute atomic E-state index is 0.00357. The van der Waals surface area contributed by atoms with Gasteiger partial charge >= 0.3 is 5.97 Å². The van der Waals surface area contributed by atoms with Crippen molar-refractivity contribution in [3.8, 4) is 21.7 Å². The summed E-state index contributed by atoms with van der Waals surface area (Å²) in [4.78, 5) is 31.8. The molecule has 0 aliphatic carbocycles. The lowest BCUT2D eigenvalue weighted by Gasteiger charge is -2.22. The summed E-state index contributed by atoms with van der Waals surface area (Å²) >= 11 is 3.05. The Morgan fingerprint density at radius 1 is 1.19 bits per heavy atom. The molecule has 9 heteroatoms. The molecule has 0 bridgehead atoms. The lowest BCUT2D eigenvalue weighted by atomic mass is 10.2. The van der Waals surface area contributed by atoms with Crippen molar-refractivity contribution in [1.82, 2.24) is 4.98 Å². The van der Waals surface area contributed by atoms with Crippen LogP contribution in [-0.2, 0) is 20.7 Å². The van der Waals surface area contributed by atoms with E-state index in [0.717, 1.165) is 9.88 Å². The SMILES string of the molecule is CCOc1ccc(N(CCC#N)C(=O)COC(=O)Cc2csc(-c3cccs3)n2)cc1. The first-order chi connectivity index (χ1) is 15.1. The number of hydrogen-bond acceptors (Lipinski definition) is 8. The second-order valence-electron chi connectivity index (χ2n) is 6.34. The zero-order valence-corrected chi connectivity index (χ0v) is 18.6. The number of carbonyl (C=O) groups excluding carboxylic acids is 2. The van der Waals surface area contributed by atoms with Crippen molar-refractivity contribution in [1.29, 1.82) is 5.26 Å². The Kier molecular flexibility index (Phi) is 8.15. The summed E-state index contributed by atoms with van der Waals surface area (Å²) in [5.74, 6) is -0.232. The summed E-state index contributed by atoms with van der Waals surface area (Å²) < 4.78 is 10.6. The number of aromatic nitrogens is 1. The van der Waals surface area contributed by atoms with E-state index in [4.69, 9.17) is 14.7 Å². The van der Waals surface area contributed by atoms with E-state index in [2.05, 4.69) is 4.98 Å². The van der Waals surface area contributed by atoms with E-state index < -0.39 is 18.5 Å². The molecule has 0 fully saturated rings. The number of anilines is 1. The highest BCUT2D eigenvalue weighted by Gasteiger charge is 2.18. The molecule has 0 saturated carbocycles. The van der Waals surface area contributed by atoms with E-state index in [9.17, 15) is 9.59 Å². The first kappa shape index (κ1) is 22.5. The monoisotopic (exact) mass is 455 g/mol. The highest BCUT2D eigenvalue weighted by atomic mass is 32.1. The van der Waals surface area contributed by atoms with Gasteiger partial charge in [-0.1, -0.05) is 6.07 Å². The van der Waals surface area contributed by atoms with E-state index in [-0.39, 0.29) is 19.4 Å². The van der Waals surface area contributed by atoms with Crippen molar-refractivity contribution >= 4 is 40.2 Å². The minimum atomic E-state index is -0.525. The third-order valence-electron chi connectivity index (χ3n) is 4.17. The van der Waals surface area contributed by atoms with Crippen LogP contribution in [0.2, 0.25) is 0 Å². The summed E-state index contributed by atoms with van der Waals surface area (Å²) in [6.07, 6.45) is 0.160. The number of carbonyl (C=O) groups is 2. The van der Waals surface area contributed by atoms with Crippen molar-refractivity contribution in [3.63, 3.8) is 0 Å². The van der Waals surface area contributed by atoms with E-state index in [1.807, 2.05) is 35.9 Å². The molecule has 2 aromatic heterocycles. The molecule has 7 nitrogen and oxygen atoms in total. The molecule has 0 N–H and O–H groups in total. The van der Waals surface area contributed by atoms with Crippen LogP contribution in [-0.4, -0.2) is 36.6 Å². The molecular weight excluding hydrogens is 434 g/mol. The van der Waals surface area contributed by atoms with Gasteiger partial charge in [0, 0.05) is 17.6 Å². The van der Waals surface area contributed by atoms with Crippen molar-refractivity contribution in [2.45, 2.75) is 19.8 Å². The van der Waals surface area contributed by atoms with Gasteiger partial charge < -0.3 is 14.4 Å². The Labute approximate surface area is 188 Å². The number of benzene rings is 1. The molecule has 0 unspecified atom stereocenters. The van der Waals surface area contributed by atoms with Gasteiger partial charge in [0.25, 0.3) is 5.91 Å². The van der Waals surface area contributed by atoms with Crippen molar-refractivity contribution in [2.75, 3.05) is 24.7 Å². The minimum Gasteiger partial charge on any atom is -0.494 e. The molecule has 0 atom stereocenters. The number of nitriles is 1. The Hall–Kier alpha value is -3.22. The van der Waals surface area contributed by atoms with Crippen LogP contribution in [0.3, 0.4) is 0 Å². The number of hydrogen-bond donors (Lipinski definition) is 0. The number of thiophene rings is 1. The van der Waals surface area contributed by atoms with Crippen molar-refractivity contribution in [3.05, 3.63) is 52.9 Å². The smallest absolute Gasteiger partial charge is 0.312 e. The van der Waals surface area contributed by atoms with Gasteiger partial charge in [0.1, 0.15) is 10.8 Å². The van der Waals surface area contributed by atoms with Gasteiger partial charge in [-0.2, -0.15) is 5.26 Å². The van der Waals surface area contributed by atoms with E-state index in [0.29, 0.717) is 23.7 Å². The van der Waals surface area contributed by atoms with Crippen molar-refractivity contribution < 1.29 is 19.1 Å². The lowest BCUT2D eigenvalue weighted by molar-refractivity contribution is -0.147. The van der Waals surface area contributed by atoms with Crippen LogP contribution >= 0.6 is 22.7 Å². The molecule has 160 valence electrons. The molecule has 0 spiro atoms. The summed E-state index contributed by atoms with van der Waals surface area (Å²) in [6, 6.07) is 12.9. The fraction of sp³-hybridized carbons (Fsp3) is 0.273. The number of rotatable bonds is 10. The standard InChI is InChI=1S/C22H21N3O4S2/c1-2-28-18-8-6-17(7-9-18)25(11-4-10-23)20(26)14-29-21(27)13-16-15-31-22(24-16)19-5-3-12-30-19/h3,5-9,12,15H,2,4,11,13-14H2,1H3. The first-order valence-electron chi connectivity index (χ1n) is 9.64. The number of ether oxygens (including phenoxy) is 2. The normalized spacial score (nSPS) is 10.3. The van der Waals surface area contributed by atoms with Gasteiger partial charge in [-0.3, -0.25) is 9.59 Å². The topological polar surface area (TPSA) is 92.5 Å². The molecule has 1 amide bonds. The summed E-state index contributed by atoms with van der Waals surface area (Å²) in [6.45, 7) is 2.23. The second-order valence-corrected chi connectivity index (χ2v) is 8.14. The predicted molar refractivity (Wildman–Crippen MR) is 120 cm³/mol. The molecule has 0 saturated heterocycles. The Balaban J connectivity index is 1.57. The van der Waals surface area contributed by atoms with Gasteiger partial charge in [-0.15, -0.1) is 22.7 Å². The van der Waals surface area contributed by atoms with Crippen molar-refractivity contribution in [2.24, 2.45) is 0 Å². The summed E-state index contributed by atoms with van der Waals surface area (Å²) in [5, 5.41) is 13.6. The number of esters is 1. The zero-order chi connectivity index (χ0) is 22.1. The Morgan fingerprint density at radius 2 is 2.00 bits per heavy atom. The highest BCUT2D eigenvalue weighted by molar-refractivity contribution is 7.20. The largest absolute Gasteiger partial charge is 0.494 e. The van der Waals surface area contributed by atoms with Gasteiger partial charge in [0.2, 0.25) is 0 Å². The zero-order valence-electron chi connectivity index (χ0n) is 16.9. The van der Waals surface area contributed by atoms with Crippen LogP contribution < -0.4 is 9.64 Å². The molecule has 0 aliphatic rings. The molecule has 0 radical (unpaired) electrons. The fourth-order valence-electron chi connectivity index (χ4n) is 2.77. The number of thiazole rings is 1. The van der Waals surface area contributed by atoms with E-state index in [1.165, 1.54) is 16.2 Å². The maximum absolute atomic E-state index is 12.7. The molecule has 1 aromatic carbocycles. The van der Waals surface area contributed by atoms with Gasteiger partial charge in [-0.25, -0.2) is 4.98 Å². The van der Waals surface area contributed by atoms with Crippen LogP contribution in [0.15, 0.2) is 47.2 Å². The molecule has 3 rings (SSSR count). The lowest BCUT2D eigenvalue weighted by Crippen LogP contribution is -2.35. The van der Waals surface area contributed by atoms with Crippen LogP contribution in [0.5, 0.6) is 5.75 Å². The third kappa shape index (κ3) is 6.38. The fourth-order valence-corrected chi connectivity index (χ4v) is 4.40. The quantitative estimate of drug-likeness (QED) is 0.423. The molecule has 2 heterocycles. The predicted octanol–water partition coefficient (Wildman–Crippen LogP) is 4.30. The first-order valence-corrected chi connectivity index (χ1v) is 11.4. The average Bonchev–Trinajstić information content (AvgIpc) is 3.46. The maximum Gasteiger partial charge on any atom is 0.312 e. The maximum atomic E-state index is 12.7. The Bertz CT molecular complexity index is 1040. The molecule has 0 aliphatic heterocycles. The van der Waals surface area contributed by atoms with Gasteiger partial charge in [-0.05, 0) is 42.6 Å². The van der Waals surface area contributed by atoms with Crippen LogP contribution in [0.1, 0.15) is 19.0 Å². The van der Waals surface area contributed by atoms with E-state index in [1.54, 1.807) is 35.6 Å². The molecular formula is C22H21N3O4S2. The third-order valence-corrected chi connectivity index (χ3v) is 6.10. The molecule has 3 aromatic rings. The summed E-state index contributed by atoms with van der Waals surface area (Å²) in [5.41, 5.74) is 1.22. The molecule has 31 heavy (non-hydrogen) atoms. The number of nitrogens with zero attached hydrogens (tertiary/aromatic N) is 3. The van der Waals surface area contributed by atoms with Gasteiger partial charge in [0.05, 0.1) is 36.1 Å². The van der Waals surface area contributed by atoms with Crippen LogP contribution in [0.4, 0.5) is 5.69 Å². The number of amides is 1. The second kappa shape index (κ2) is 11.2.